The SMILES string of the molecule is CCC(CC)CN(CC)c1nccc(C)c1Br. The molecular weight excluding hydrogens is 276 g/mol. The van der Waals surface area contributed by atoms with Crippen molar-refractivity contribution >= 4 is 21.7 Å². The van der Waals surface area contributed by atoms with Crippen LogP contribution < -0.4 is 4.90 Å². The largest absolute Gasteiger partial charge is 0.356 e. The first-order valence-corrected chi connectivity index (χ1v) is 7.29. The number of anilines is 1. The van der Waals surface area contributed by atoms with E-state index in [2.05, 4.69) is 53.5 Å². The van der Waals surface area contributed by atoms with Crippen LogP contribution >= 0.6 is 15.9 Å². The Morgan fingerprint density at radius 3 is 2.47 bits per heavy atom. The minimum absolute atomic E-state index is 0.754. The van der Waals surface area contributed by atoms with E-state index >= 15 is 0 Å². The van der Waals surface area contributed by atoms with Gasteiger partial charge in [-0.05, 0) is 47.3 Å². The second-order valence-corrected chi connectivity index (χ2v) is 5.28. The standard InChI is InChI=1S/C14H23BrN2/c1-5-12(6-2)10-17(7-3)14-13(15)11(4)8-9-16-14/h8-9,12H,5-7,10H2,1-4H3. The number of aryl methyl sites for hydroxylation is 1. The molecule has 0 aromatic carbocycles. The molecule has 17 heavy (non-hydrogen) atoms. The highest BCUT2D eigenvalue weighted by Gasteiger charge is 2.15. The van der Waals surface area contributed by atoms with Crippen molar-refractivity contribution in [2.75, 3.05) is 18.0 Å². The predicted molar refractivity (Wildman–Crippen MR) is 78.6 cm³/mol. The molecule has 0 aliphatic rings. The van der Waals surface area contributed by atoms with Crippen molar-refractivity contribution in [3.8, 4) is 0 Å². The minimum Gasteiger partial charge on any atom is -0.356 e. The van der Waals surface area contributed by atoms with Crippen molar-refractivity contribution in [3.05, 3.63) is 22.3 Å². The van der Waals surface area contributed by atoms with Crippen LogP contribution in [0.2, 0.25) is 0 Å². The monoisotopic (exact) mass is 298 g/mol. The van der Waals surface area contributed by atoms with Crippen LogP contribution in [-0.4, -0.2) is 18.1 Å². The van der Waals surface area contributed by atoms with Gasteiger partial charge in [-0.1, -0.05) is 26.7 Å². The Labute approximate surface area is 114 Å². The third-order valence-electron chi connectivity index (χ3n) is 3.38. The van der Waals surface area contributed by atoms with E-state index in [9.17, 15) is 0 Å². The molecule has 0 bridgehead atoms. The molecule has 0 saturated carbocycles. The quantitative estimate of drug-likeness (QED) is 0.773. The number of nitrogens with zero attached hydrogens (tertiary/aromatic N) is 2. The highest BCUT2D eigenvalue weighted by molar-refractivity contribution is 9.10. The van der Waals surface area contributed by atoms with Crippen LogP contribution in [0, 0.1) is 12.8 Å². The molecule has 0 unspecified atom stereocenters. The number of aromatic nitrogens is 1. The van der Waals surface area contributed by atoms with Gasteiger partial charge in [-0.3, -0.25) is 0 Å². The molecule has 1 heterocycles. The van der Waals surface area contributed by atoms with Crippen LogP contribution in [0.15, 0.2) is 16.7 Å². The molecule has 0 saturated heterocycles. The molecule has 96 valence electrons. The molecule has 0 aliphatic carbocycles. The number of hydrogen-bond acceptors (Lipinski definition) is 2. The number of halogens is 1. The van der Waals surface area contributed by atoms with Gasteiger partial charge < -0.3 is 4.90 Å². The topological polar surface area (TPSA) is 16.1 Å². The zero-order valence-electron chi connectivity index (χ0n) is 11.3. The average molecular weight is 299 g/mol. The zero-order chi connectivity index (χ0) is 12.8. The second-order valence-electron chi connectivity index (χ2n) is 4.49. The summed E-state index contributed by atoms with van der Waals surface area (Å²) in [7, 11) is 0. The number of hydrogen-bond donors (Lipinski definition) is 0. The summed E-state index contributed by atoms with van der Waals surface area (Å²) < 4.78 is 1.13. The maximum atomic E-state index is 4.51. The van der Waals surface area contributed by atoms with E-state index in [1.54, 1.807) is 0 Å². The molecule has 1 aromatic rings. The molecule has 1 rings (SSSR count). The summed E-state index contributed by atoms with van der Waals surface area (Å²) in [6.45, 7) is 10.9. The molecular formula is C14H23BrN2. The van der Waals surface area contributed by atoms with E-state index in [4.69, 9.17) is 0 Å². The van der Waals surface area contributed by atoms with Gasteiger partial charge in [-0.15, -0.1) is 0 Å². The lowest BCUT2D eigenvalue weighted by Gasteiger charge is -2.27. The Hall–Kier alpha value is -0.570. The lowest BCUT2D eigenvalue weighted by molar-refractivity contribution is 0.484. The van der Waals surface area contributed by atoms with Crippen LogP contribution in [-0.2, 0) is 0 Å². The normalized spacial score (nSPS) is 10.9. The molecule has 0 N–H and O–H groups in total. The summed E-state index contributed by atoms with van der Waals surface area (Å²) in [5.41, 5.74) is 1.25. The maximum Gasteiger partial charge on any atom is 0.143 e. The Morgan fingerprint density at radius 1 is 1.29 bits per heavy atom. The van der Waals surface area contributed by atoms with Gasteiger partial charge in [0, 0.05) is 19.3 Å². The highest BCUT2D eigenvalue weighted by atomic mass is 79.9. The number of pyridine rings is 1. The predicted octanol–water partition coefficient (Wildman–Crippen LogP) is 4.42. The Kier molecular flexibility index (Phi) is 5.96. The van der Waals surface area contributed by atoms with Crippen molar-refractivity contribution in [2.45, 2.75) is 40.5 Å². The molecule has 0 radical (unpaired) electrons. The van der Waals surface area contributed by atoms with Gasteiger partial charge in [0.2, 0.25) is 0 Å². The molecule has 1 aromatic heterocycles. The van der Waals surface area contributed by atoms with Crippen molar-refractivity contribution in [3.63, 3.8) is 0 Å². The van der Waals surface area contributed by atoms with E-state index in [1.807, 2.05) is 12.3 Å². The van der Waals surface area contributed by atoms with Crippen LogP contribution in [0.4, 0.5) is 5.82 Å². The van der Waals surface area contributed by atoms with Crippen LogP contribution in [0.3, 0.4) is 0 Å². The van der Waals surface area contributed by atoms with Crippen LogP contribution in [0.1, 0.15) is 39.2 Å². The van der Waals surface area contributed by atoms with Gasteiger partial charge in [-0.2, -0.15) is 0 Å². The summed E-state index contributed by atoms with van der Waals surface area (Å²) in [4.78, 5) is 6.88. The fraction of sp³-hybridized carbons (Fsp3) is 0.643. The molecule has 0 spiro atoms. The second kappa shape index (κ2) is 7.00. The van der Waals surface area contributed by atoms with Crippen molar-refractivity contribution in [2.24, 2.45) is 5.92 Å². The molecule has 0 fully saturated rings. The van der Waals surface area contributed by atoms with E-state index < -0.39 is 0 Å². The summed E-state index contributed by atoms with van der Waals surface area (Å²) >= 11 is 3.65. The third-order valence-corrected chi connectivity index (χ3v) is 4.36. The van der Waals surface area contributed by atoms with E-state index in [-0.39, 0.29) is 0 Å². The van der Waals surface area contributed by atoms with Gasteiger partial charge >= 0.3 is 0 Å². The molecule has 0 atom stereocenters. The molecule has 0 amide bonds. The van der Waals surface area contributed by atoms with Gasteiger partial charge in [0.15, 0.2) is 0 Å². The molecule has 2 nitrogen and oxygen atoms in total. The highest BCUT2D eigenvalue weighted by Crippen LogP contribution is 2.27. The van der Waals surface area contributed by atoms with Crippen LogP contribution in [0.5, 0.6) is 0 Å². The van der Waals surface area contributed by atoms with Crippen molar-refractivity contribution in [1.29, 1.82) is 0 Å². The first-order chi connectivity index (χ1) is 8.13. The van der Waals surface area contributed by atoms with Crippen molar-refractivity contribution < 1.29 is 0 Å². The minimum atomic E-state index is 0.754. The number of rotatable bonds is 6. The van der Waals surface area contributed by atoms with Gasteiger partial charge in [-0.25, -0.2) is 4.98 Å². The zero-order valence-corrected chi connectivity index (χ0v) is 12.9. The maximum absolute atomic E-state index is 4.51. The third kappa shape index (κ3) is 3.70. The van der Waals surface area contributed by atoms with E-state index in [0.29, 0.717) is 0 Å². The summed E-state index contributed by atoms with van der Waals surface area (Å²) in [5, 5.41) is 0. The molecule has 0 aliphatic heterocycles. The lowest BCUT2D eigenvalue weighted by Crippen LogP contribution is -2.30. The first-order valence-electron chi connectivity index (χ1n) is 6.49. The smallest absolute Gasteiger partial charge is 0.143 e. The van der Waals surface area contributed by atoms with Crippen LogP contribution in [0.25, 0.3) is 0 Å². The summed E-state index contributed by atoms with van der Waals surface area (Å²) in [5.74, 6) is 1.84. The Bertz CT molecular complexity index is 348. The fourth-order valence-corrected chi connectivity index (χ4v) is 2.46. The lowest BCUT2D eigenvalue weighted by atomic mass is 10.0. The van der Waals surface area contributed by atoms with Crippen molar-refractivity contribution in [1.82, 2.24) is 4.98 Å². The Balaban J connectivity index is 2.89. The molecule has 3 heteroatoms. The van der Waals surface area contributed by atoms with Gasteiger partial charge in [0.25, 0.3) is 0 Å². The van der Waals surface area contributed by atoms with E-state index in [0.717, 1.165) is 29.3 Å². The fourth-order valence-electron chi connectivity index (χ4n) is 1.97. The van der Waals surface area contributed by atoms with Gasteiger partial charge in [0.1, 0.15) is 5.82 Å². The van der Waals surface area contributed by atoms with E-state index in [1.165, 1.54) is 18.4 Å². The first kappa shape index (κ1) is 14.5. The Morgan fingerprint density at radius 2 is 1.94 bits per heavy atom. The average Bonchev–Trinajstić information content (AvgIpc) is 2.35. The van der Waals surface area contributed by atoms with Gasteiger partial charge in [0.05, 0.1) is 4.47 Å². The summed E-state index contributed by atoms with van der Waals surface area (Å²) in [6, 6.07) is 2.04. The summed E-state index contributed by atoms with van der Waals surface area (Å²) in [6.07, 6.45) is 4.36.